The number of aromatic amines is 1. The number of anilines is 1. The standard InChI is InChI=1S/C12H8F3N3O5/c13-12(14,15)11(22)6-7(16-9(11)20)18(10(21)17-8(6)19)4-5-2-1-3-23-5/h1-3,22H,4H2,(H,16,20)(H,17,19,21)/t11-/m0/s1. The summed E-state index contributed by atoms with van der Waals surface area (Å²) in [5.41, 5.74) is -7.87. The van der Waals surface area contributed by atoms with Crippen LogP contribution in [0.15, 0.2) is 32.4 Å². The molecule has 122 valence electrons. The predicted octanol–water partition coefficient (Wildman–Crippen LogP) is -0.120. The lowest BCUT2D eigenvalue weighted by molar-refractivity contribution is -0.252. The van der Waals surface area contributed by atoms with E-state index in [1.807, 2.05) is 0 Å². The van der Waals surface area contributed by atoms with Crippen LogP contribution < -0.4 is 16.6 Å². The van der Waals surface area contributed by atoms with E-state index in [2.05, 4.69) is 0 Å². The van der Waals surface area contributed by atoms with Crippen LogP contribution >= 0.6 is 0 Å². The first kappa shape index (κ1) is 15.1. The first-order valence-corrected chi connectivity index (χ1v) is 6.17. The number of alkyl halides is 3. The molecular formula is C12H8F3N3O5. The van der Waals surface area contributed by atoms with Gasteiger partial charge in [0.15, 0.2) is 0 Å². The molecule has 1 aliphatic heterocycles. The van der Waals surface area contributed by atoms with Crippen LogP contribution in [0.1, 0.15) is 11.3 Å². The molecule has 2 aromatic heterocycles. The molecule has 3 heterocycles. The number of furan rings is 1. The van der Waals surface area contributed by atoms with Crippen LogP contribution in [-0.2, 0) is 16.9 Å². The number of nitrogens with one attached hydrogen (secondary N) is 2. The number of aromatic nitrogens is 2. The number of fused-ring (bicyclic) bond motifs is 1. The van der Waals surface area contributed by atoms with Gasteiger partial charge in [0.05, 0.1) is 12.8 Å². The number of nitrogens with zero attached hydrogens (tertiary/aromatic N) is 1. The smallest absolute Gasteiger partial charge is 0.431 e. The Morgan fingerprint density at radius 1 is 1.30 bits per heavy atom. The molecule has 0 aromatic carbocycles. The number of rotatable bonds is 2. The van der Waals surface area contributed by atoms with Gasteiger partial charge in [-0.15, -0.1) is 0 Å². The van der Waals surface area contributed by atoms with Gasteiger partial charge in [-0.3, -0.25) is 19.1 Å². The van der Waals surface area contributed by atoms with Gasteiger partial charge in [0, 0.05) is 0 Å². The van der Waals surface area contributed by atoms with E-state index in [1.165, 1.54) is 18.4 Å². The summed E-state index contributed by atoms with van der Waals surface area (Å²) in [4.78, 5) is 36.9. The Morgan fingerprint density at radius 3 is 2.57 bits per heavy atom. The van der Waals surface area contributed by atoms with Crippen molar-refractivity contribution in [3.8, 4) is 0 Å². The first-order chi connectivity index (χ1) is 10.7. The van der Waals surface area contributed by atoms with Gasteiger partial charge in [-0.1, -0.05) is 0 Å². The Kier molecular flexibility index (Phi) is 3.01. The van der Waals surface area contributed by atoms with Gasteiger partial charge >= 0.3 is 11.9 Å². The lowest BCUT2D eigenvalue weighted by Gasteiger charge is -2.22. The molecule has 0 spiro atoms. The number of H-pyrrole nitrogens is 1. The maximum Gasteiger partial charge on any atom is 0.431 e. The molecule has 0 saturated heterocycles. The molecule has 0 saturated carbocycles. The zero-order valence-electron chi connectivity index (χ0n) is 11.1. The van der Waals surface area contributed by atoms with Crippen LogP contribution in [0.5, 0.6) is 0 Å². The van der Waals surface area contributed by atoms with Crippen molar-refractivity contribution in [1.29, 1.82) is 0 Å². The van der Waals surface area contributed by atoms with Crippen molar-refractivity contribution in [2.45, 2.75) is 18.3 Å². The molecule has 0 aliphatic carbocycles. The molecule has 3 N–H and O–H groups in total. The number of halogens is 3. The average Bonchev–Trinajstić information content (AvgIpc) is 3.02. The van der Waals surface area contributed by atoms with Crippen LogP contribution in [0.3, 0.4) is 0 Å². The van der Waals surface area contributed by atoms with Crippen LogP contribution in [-0.4, -0.2) is 26.7 Å². The molecule has 1 amide bonds. The second kappa shape index (κ2) is 4.59. The Bertz CT molecular complexity index is 896. The van der Waals surface area contributed by atoms with E-state index < -0.39 is 40.3 Å². The van der Waals surface area contributed by atoms with E-state index in [1.54, 1.807) is 10.3 Å². The van der Waals surface area contributed by atoms with Gasteiger partial charge in [0.2, 0.25) is 0 Å². The van der Waals surface area contributed by atoms with E-state index in [4.69, 9.17) is 4.42 Å². The normalized spacial score (nSPS) is 20.4. The van der Waals surface area contributed by atoms with Crippen molar-refractivity contribution < 1.29 is 27.5 Å². The number of carbonyl (C=O) groups excluding carboxylic acids is 1. The maximum absolute atomic E-state index is 13.1. The van der Waals surface area contributed by atoms with Crippen molar-refractivity contribution in [2.24, 2.45) is 0 Å². The summed E-state index contributed by atoms with van der Waals surface area (Å²) < 4.78 is 44.9. The third kappa shape index (κ3) is 2.00. The summed E-state index contributed by atoms with van der Waals surface area (Å²) in [5, 5.41) is 11.5. The third-order valence-corrected chi connectivity index (χ3v) is 3.43. The Labute approximate surface area is 124 Å². The van der Waals surface area contributed by atoms with Crippen molar-refractivity contribution >= 4 is 11.7 Å². The summed E-state index contributed by atoms with van der Waals surface area (Å²) in [7, 11) is 0. The zero-order chi connectivity index (χ0) is 17.0. The van der Waals surface area contributed by atoms with E-state index in [-0.39, 0.29) is 12.3 Å². The van der Waals surface area contributed by atoms with E-state index in [9.17, 15) is 32.7 Å². The second-order valence-electron chi connectivity index (χ2n) is 4.81. The molecule has 0 bridgehead atoms. The molecule has 2 aromatic rings. The maximum atomic E-state index is 13.1. The fraction of sp³-hybridized carbons (Fsp3) is 0.250. The van der Waals surface area contributed by atoms with Crippen molar-refractivity contribution in [2.75, 3.05) is 5.32 Å². The van der Waals surface area contributed by atoms with Crippen molar-refractivity contribution in [1.82, 2.24) is 9.55 Å². The highest BCUT2D eigenvalue weighted by Crippen LogP contribution is 2.44. The summed E-state index contributed by atoms with van der Waals surface area (Å²) >= 11 is 0. The predicted molar refractivity (Wildman–Crippen MR) is 67.7 cm³/mol. The minimum atomic E-state index is -5.44. The van der Waals surface area contributed by atoms with E-state index in [0.717, 1.165) is 0 Å². The molecule has 0 unspecified atom stereocenters. The van der Waals surface area contributed by atoms with Gasteiger partial charge < -0.3 is 14.8 Å². The number of hydrogen-bond acceptors (Lipinski definition) is 5. The van der Waals surface area contributed by atoms with Gasteiger partial charge in [-0.25, -0.2) is 4.79 Å². The highest BCUT2D eigenvalue weighted by molar-refractivity contribution is 6.04. The zero-order valence-corrected chi connectivity index (χ0v) is 11.1. The van der Waals surface area contributed by atoms with E-state index >= 15 is 0 Å². The number of aliphatic hydroxyl groups is 1. The number of amides is 1. The van der Waals surface area contributed by atoms with Crippen LogP contribution in [0.2, 0.25) is 0 Å². The fourth-order valence-electron chi connectivity index (χ4n) is 2.33. The quantitative estimate of drug-likeness (QED) is 0.709. The monoisotopic (exact) mass is 331 g/mol. The molecule has 3 rings (SSSR count). The Hall–Kier alpha value is -2.82. The number of carbonyl (C=O) groups is 1. The molecule has 11 heteroatoms. The fourth-order valence-corrected chi connectivity index (χ4v) is 2.33. The SMILES string of the molecule is O=C1Nc2c(c(=O)[nH]c(=O)n2Cc2ccco2)[C@@]1(O)C(F)(F)F. The van der Waals surface area contributed by atoms with Crippen molar-refractivity contribution in [3.05, 3.63) is 50.6 Å². The van der Waals surface area contributed by atoms with Crippen LogP contribution in [0.25, 0.3) is 0 Å². The highest BCUT2D eigenvalue weighted by Gasteiger charge is 2.66. The largest absolute Gasteiger partial charge is 0.467 e. The molecule has 0 radical (unpaired) electrons. The van der Waals surface area contributed by atoms with Crippen LogP contribution in [0, 0.1) is 0 Å². The van der Waals surface area contributed by atoms with Gasteiger partial charge in [-0.2, -0.15) is 13.2 Å². The summed E-state index contributed by atoms with van der Waals surface area (Å²) in [6.07, 6.45) is -4.17. The molecule has 1 atom stereocenters. The molecule has 0 fully saturated rings. The first-order valence-electron chi connectivity index (χ1n) is 6.17. The lowest BCUT2D eigenvalue weighted by atomic mass is 9.97. The molecule has 23 heavy (non-hydrogen) atoms. The van der Waals surface area contributed by atoms with E-state index in [0.29, 0.717) is 4.57 Å². The topological polar surface area (TPSA) is 117 Å². The summed E-state index contributed by atoms with van der Waals surface area (Å²) in [6.45, 7) is -0.348. The minimum absolute atomic E-state index is 0.193. The molecule has 8 nitrogen and oxygen atoms in total. The summed E-state index contributed by atoms with van der Waals surface area (Å²) in [5.74, 6) is -2.39. The Morgan fingerprint density at radius 2 is 2.00 bits per heavy atom. The second-order valence-corrected chi connectivity index (χ2v) is 4.81. The molecular weight excluding hydrogens is 323 g/mol. The van der Waals surface area contributed by atoms with Gasteiger partial charge in [-0.05, 0) is 12.1 Å². The Balaban J connectivity index is 2.27. The van der Waals surface area contributed by atoms with Crippen molar-refractivity contribution in [3.63, 3.8) is 0 Å². The van der Waals surface area contributed by atoms with Crippen LogP contribution in [0.4, 0.5) is 19.0 Å². The minimum Gasteiger partial charge on any atom is -0.467 e. The average molecular weight is 331 g/mol. The van der Waals surface area contributed by atoms with Gasteiger partial charge in [0.1, 0.15) is 17.1 Å². The lowest BCUT2D eigenvalue weighted by Crippen LogP contribution is -2.50. The molecule has 1 aliphatic rings. The highest BCUT2D eigenvalue weighted by atomic mass is 19.4. The third-order valence-electron chi connectivity index (χ3n) is 3.43. The number of hydrogen-bond donors (Lipinski definition) is 3. The summed E-state index contributed by atoms with van der Waals surface area (Å²) in [6, 6.07) is 2.92. The van der Waals surface area contributed by atoms with Gasteiger partial charge in [0.25, 0.3) is 17.1 Å².